The molecule has 1 aliphatic rings. The van der Waals surface area contributed by atoms with E-state index in [4.69, 9.17) is 9.47 Å². The van der Waals surface area contributed by atoms with Crippen molar-refractivity contribution in [2.45, 2.75) is 64.2 Å². The monoisotopic (exact) mass is 243 g/mol. The van der Waals surface area contributed by atoms with Gasteiger partial charge < -0.3 is 14.8 Å². The van der Waals surface area contributed by atoms with E-state index in [1.807, 2.05) is 7.05 Å². The topological polar surface area (TPSA) is 30.5 Å². The minimum atomic E-state index is -0.184. The Labute approximate surface area is 106 Å². The number of hydrogen-bond donors (Lipinski definition) is 1. The Morgan fingerprint density at radius 1 is 1.24 bits per heavy atom. The lowest BCUT2D eigenvalue weighted by Crippen LogP contribution is -2.50. The van der Waals surface area contributed by atoms with E-state index in [0.29, 0.717) is 6.10 Å². The molecule has 1 saturated carbocycles. The highest BCUT2D eigenvalue weighted by molar-refractivity contribution is 4.84. The average molecular weight is 243 g/mol. The summed E-state index contributed by atoms with van der Waals surface area (Å²) in [5.41, 5.74) is -0.184. The van der Waals surface area contributed by atoms with Gasteiger partial charge in [-0.05, 0) is 52.5 Å². The van der Waals surface area contributed by atoms with Gasteiger partial charge in [0, 0.05) is 7.11 Å². The molecule has 1 N–H and O–H groups in total. The number of nitrogens with one attached hydrogen (secondary N) is 1. The fraction of sp³-hybridized carbons (Fsp3) is 1.00. The van der Waals surface area contributed by atoms with Crippen LogP contribution in [0.4, 0.5) is 0 Å². The molecule has 0 aromatic rings. The molecule has 1 fully saturated rings. The summed E-state index contributed by atoms with van der Waals surface area (Å²) in [5, 5.41) is 3.29. The van der Waals surface area contributed by atoms with Crippen LogP contribution in [0.2, 0.25) is 0 Å². The highest BCUT2D eigenvalue weighted by atomic mass is 16.5. The number of hydrogen-bond acceptors (Lipinski definition) is 3. The second kappa shape index (κ2) is 6.72. The van der Waals surface area contributed by atoms with Crippen molar-refractivity contribution in [3.63, 3.8) is 0 Å². The van der Waals surface area contributed by atoms with E-state index in [2.05, 4.69) is 26.1 Å². The van der Waals surface area contributed by atoms with Crippen LogP contribution in [0, 0.1) is 5.92 Å². The molecule has 102 valence electrons. The molecule has 1 atom stereocenters. The lowest BCUT2D eigenvalue weighted by molar-refractivity contribution is -0.0597. The first-order chi connectivity index (χ1) is 7.99. The van der Waals surface area contributed by atoms with Crippen LogP contribution >= 0.6 is 0 Å². The van der Waals surface area contributed by atoms with E-state index in [-0.39, 0.29) is 11.6 Å². The van der Waals surface area contributed by atoms with Crippen LogP contribution in [0.15, 0.2) is 0 Å². The Bertz CT molecular complexity index is 210. The van der Waals surface area contributed by atoms with Gasteiger partial charge in [0.2, 0.25) is 0 Å². The van der Waals surface area contributed by atoms with E-state index in [1.165, 1.54) is 25.7 Å². The molecule has 3 nitrogen and oxygen atoms in total. The Kier molecular flexibility index (Phi) is 5.90. The van der Waals surface area contributed by atoms with Crippen molar-refractivity contribution < 1.29 is 9.47 Å². The standard InChI is InChI=1S/C14H29NO2/c1-11-6-8-12(9-7-11)17-10-13(15-4)14(2,3)16-5/h11-13,15H,6-10H2,1-5H3. The molecule has 0 radical (unpaired) electrons. The van der Waals surface area contributed by atoms with Crippen LogP contribution in [0.5, 0.6) is 0 Å². The fourth-order valence-electron chi connectivity index (χ4n) is 2.40. The highest BCUT2D eigenvalue weighted by Gasteiger charge is 2.29. The van der Waals surface area contributed by atoms with Gasteiger partial charge in [-0.25, -0.2) is 0 Å². The summed E-state index contributed by atoms with van der Waals surface area (Å²) in [5.74, 6) is 0.880. The van der Waals surface area contributed by atoms with E-state index in [9.17, 15) is 0 Å². The molecule has 0 spiro atoms. The Balaban J connectivity index is 2.33. The molecule has 0 aromatic carbocycles. The van der Waals surface area contributed by atoms with Crippen LogP contribution in [0.3, 0.4) is 0 Å². The molecule has 0 bridgehead atoms. The molecule has 0 aromatic heterocycles. The number of rotatable bonds is 6. The molecule has 1 rings (SSSR count). The fourth-order valence-corrected chi connectivity index (χ4v) is 2.40. The molecular weight excluding hydrogens is 214 g/mol. The van der Waals surface area contributed by atoms with Crippen LogP contribution < -0.4 is 5.32 Å². The largest absolute Gasteiger partial charge is 0.377 e. The molecule has 17 heavy (non-hydrogen) atoms. The van der Waals surface area contributed by atoms with Gasteiger partial charge in [-0.15, -0.1) is 0 Å². The van der Waals surface area contributed by atoms with Gasteiger partial charge in [0.05, 0.1) is 24.4 Å². The first-order valence-corrected chi connectivity index (χ1v) is 6.83. The molecule has 0 aliphatic heterocycles. The highest BCUT2D eigenvalue weighted by Crippen LogP contribution is 2.26. The SMILES string of the molecule is CNC(COC1CCC(C)CC1)C(C)(C)OC. The summed E-state index contributed by atoms with van der Waals surface area (Å²) in [6.45, 7) is 7.26. The Hall–Kier alpha value is -0.120. The molecular formula is C14H29NO2. The molecule has 0 heterocycles. The summed E-state index contributed by atoms with van der Waals surface area (Å²) in [6.07, 6.45) is 5.50. The minimum absolute atomic E-state index is 0.184. The van der Waals surface area contributed by atoms with Crippen molar-refractivity contribution in [1.82, 2.24) is 5.32 Å². The van der Waals surface area contributed by atoms with Crippen molar-refractivity contribution in [3.8, 4) is 0 Å². The van der Waals surface area contributed by atoms with Crippen molar-refractivity contribution >= 4 is 0 Å². The summed E-state index contributed by atoms with van der Waals surface area (Å²) in [7, 11) is 3.73. The van der Waals surface area contributed by atoms with Crippen LogP contribution in [0.1, 0.15) is 46.5 Å². The van der Waals surface area contributed by atoms with Gasteiger partial charge in [-0.3, -0.25) is 0 Å². The van der Waals surface area contributed by atoms with E-state index in [1.54, 1.807) is 7.11 Å². The summed E-state index contributed by atoms with van der Waals surface area (Å²) < 4.78 is 11.5. The van der Waals surface area contributed by atoms with Crippen molar-refractivity contribution in [1.29, 1.82) is 0 Å². The van der Waals surface area contributed by atoms with E-state index >= 15 is 0 Å². The van der Waals surface area contributed by atoms with Gasteiger partial charge in [0.15, 0.2) is 0 Å². The lowest BCUT2D eigenvalue weighted by atomic mass is 9.89. The molecule has 0 amide bonds. The molecule has 3 heteroatoms. The van der Waals surface area contributed by atoms with E-state index < -0.39 is 0 Å². The van der Waals surface area contributed by atoms with Crippen molar-refractivity contribution in [2.24, 2.45) is 5.92 Å². The third kappa shape index (κ3) is 4.57. The van der Waals surface area contributed by atoms with Gasteiger partial charge >= 0.3 is 0 Å². The molecule has 1 aliphatic carbocycles. The third-order valence-electron chi connectivity index (χ3n) is 4.18. The average Bonchev–Trinajstić information content (AvgIpc) is 2.32. The molecule has 1 unspecified atom stereocenters. The van der Waals surface area contributed by atoms with Gasteiger partial charge in [0.25, 0.3) is 0 Å². The van der Waals surface area contributed by atoms with Gasteiger partial charge in [-0.1, -0.05) is 6.92 Å². The van der Waals surface area contributed by atoms with Crippen LogP contribution in [0.25, 0.3) is 0 Å². The maximum atomic E-state index is 6.03. The third-order valence-corrected chi connectivity index (χ3v) is 4.18. The summed E-state index contributed by atoms with van der Waals surface area (Å²) in [4.78, 5) is 0. The number of methoxy groups -OCH3 is 1. The first-order valence-electron chi connectivity index (χ1n) is 6.83. The molecule has 0 saturated heterocycles. The zero-order chi connectivity index (χ0) is 12.9. The number of likely N-dealkylation sites (N-methyl/N-ethyl adjacent to an activating group) is 1. The van der Waals surface area contributed by atoms with Gasteiger partial charge in [0.1, 0.15) is 0 Å². The minimum Gasteiger partial charge on any atom is -0.377 e. The quantitative estimate of drug-likeness (QED) is 0.778. The van der Waals surface area contributed by atoms with E-state index in [0.717, 1.165) is 12.5 Å². The predicted octanol–water partition coefficient (Wildman–Crippen LogP) is 2.59. The Morgan fingerprint density at radius 3 is 2.29 bits per heavy atom. The maximum Gasteiger partial charge on any atom is 0.0797 e. The second-order valence-electron chi connectivity index (χ2n) is 5.86. The first kappa shape index (κ1) is 14.9. The van der Waals surface area contributed by atoms with Gasteiger partial charge in [-0.2, -0.15) is 0 Å². The normalized spacial score (nSPS) is 28.1. The zero-order valence-electron chi connectivity index (χ0n) is 12.1. The number of ether oxygens (including phenoxy) is 2. The smallest absolute Gasteiger partial charge is 0.0797 e. The predicted molar refractivity (Wildman–Crippen MR) is 71.3 cm³/mol. The Morgan fingerprint density at radius 2 is 1.82 bits per heavy atom. The zero-order valence-corrected chi connectivity index (χ0v) is 12.1. The van der Waals surface area contributed by atoms with Crippen LogP contribution in [-0.4, -0.2) is 38.5 Å². The summed E-state index contributed by atoms with van der Waals surface area (Å²) in [6, 6.07) is 0.242. The van der Waals surface area contributed by atoms with Crippen molar-refractivity contribution in [2.75, 3.05) is 20.8 Å². The summed E-state index contributed by atoms with van der Waals surface area (Å²) >= 11 is 0. The lowest BCUT2D eigenvalue weighted by Gasteiger charge is -2.35. The maximum absolute atomic E-state index is 6.03. The second-order valence-corrected chi connectivity index (χ2v) is 5.86. The van der Waals surface area contributed by atoms with Crippen molar-refractivity contribution in [3.05, 3.63) is 0 Å². The van der Waals surface area contributed by atoms with Crippen LogP contribution in [-0.2, 0) is 9.47 Å².